The van der Waals surface area contributed by atoms with E-state index in [4.69, 9.17) is 9.72 Å². The summed E-state index contributed by atoms with van der Waals surface area (Å²) in [5.74, 6) is 0.470. The number of rotatable bonds is 3. The Labute approximate surface area is 120 Å². The summed E-state index contributed by atoms with van der Waals surface area (Å²) in [4.78, 5) is 4.87. The molecule has 1 aliphatic rings. The predicted molar refractivity (Wildman–Crippen MR) is 80.8 cm³/mol. The van der Waals surface area contributed by atoms with E-state index in [1.54, 1.807) is 11.3 Å². The summed E-state index contributed by atoms with van der Waals surface area (Å²) in [6, 6.07) is 0. The first-order chi connectivity index (χ1) is 8.63. The fourth-order valence-corrected chi connectivity index (χ4v) is 4.58. The average molecular weight is 282 g/mol. The lowest BCUT2D eigenvalue weighted by Crippen LogP contribution is -2.53. The topological polar surface area (TPSA) is 34.2 Å². The molecule has 1 unspecified atom stereocenters. The van der Waals surface area contributed by atoms with Crippen LogP contribution in [0.15, 0.2) is 5.38 Å². The highest BCUT2D eigenvalue weighted by atomic mass is 32.1. The van der Waals surface area contributed by atoms with Gasteiger partial charge in [0.1, 0.15) is 10.5 Å². The molecule has 19 heavy (non-hydrogen) atoms. The highest BCUT2D eigenvalue weighted by molar-refractivity contribution is 7.09. The van der Waals surface area contributed by atoms with Crippen LogP contribution in [0, 0.1) is 0 Å². The van der Waals surface area contributed by atoms with Crippen LogP contribution in [0.3, 0.4) is 0 Å². The van der Waals surface area contributed by atoms with Gasteiger partial charge in [0.15, 0.2) is 0 Å². The van der Waals surface area contributed by atoms with E-state index in [0.717, 1.165) is 11.4 Å². The zero-order chi connectivity index (χ0) is 14.5. The predicted octanol–water partition coefficient (Wildman–Crippen LogP) is 3.66. The minimum absolute atomic E-state index is 0.129. The molecule has 1 aromatic rings. The summed E-state index contributed by atoms with van der Waals surface area (Å²) in [6.45, 7) is 13.0. The van der Waals surface area contributed by atoms with Crippen molar-refractivity contribution in [3.8, 4) is 0 Å². The van der Waals surface area contributed by atoms with Crippen LogP contribution in [0.25, 0.3) is 0 Å². The summed E-state index contributed by atoms with van der Waals surface area (Å²) in [5.41, 5.74) is 0.581. The summed E-state index contributed by atoms with van der Waals surface area (Å²) >= 11 is 1.75. The van der Waals surface area contributed by atoms with Crippen LogP contribution in [-0.4, -0.2) is 23.2 Å². The smallest absolute Gasteiger partial charge is 0.116 e. The lowest BCUT2D eigenvalue weighted by molar-refractivity contribution is -0.0834. The zero-order valence-electron chi connectivity index (χ0n) is 13.1. The number of nitrogens with zero attached hydrogens (tertiary/aromatic N) is 1. The van der Waals surface area contributed by atoms with Crippen LogP contribution in [-0.2, 0) is 10.3 Å². The molecule has 0 saturated carbocycles. The van der Waals surface area contributed by atoms with Crippen molar-refractivity contribution in [3.63, 3.8) is 0 Å². The third-order valence-electron chi connectivity index (χ3n) is 4.16. The Hall–Kier alpha value is -0.450. The molecule has 3 nitrogen and oxygen atoms in total. The Morgan fingerprint density at radius 1 is 1.32 bits per heavy atom. The van der Waals surface area contributed by atoms with Crippen molar-refractivity contribution in [3.05, 3.63) is 16.1 Å². The largest absolute Gasteiger partial charge is 0.367 e. The number of nitrogens with one attached hydrogen (secondary N) is 1. The van der Waals surface area contributed by atoms with Crippen LogP contribution in [0.5, 0.6) is 0 Å². The van der Waals surface area contributed by atoms with Crippen molar-refractivity contribution in [2.24, 2.45) is 0 Å². The molecule has 1 N–H and O–H groups in total. The van der Waals surface area contributed by atoms with Crippen LogP contribution in [0.1, 0.15) is 64.6 Å². The molecule has 2 heterocycles. The number of hydrogen-bond acceptors (Lipinski definition) is 4. The van der Waals surface area contributed by atoms with E-state index in [2.05, 4.69) is 52.2 Å². The van der Waals surface area contributed by atoms with Gasteiger partial charge in [-0.3, -0.25) is 0 Å². The minimum atomic E-state index is -0.267. The first-order valence-corrected chi connectivity index (χ1v) is 7.86. The van der Waals surface area contributed by atoms with Crippen LogP contribution >= 0.6 is 11.3 Å². The van der Waals surface area contributed by atoms with Gasteiger partial charge >= 0.3 is 0 Å². The maximum atomic E-state index is 6.27. The van der Waals surface area contributed by atoms with Gasteiger partial charge in [-0.2, -0.15) is 0 Å². The van der Waals surface area contributed by atoms with Crippen molar-refractivity contribution >= 4 is 11.3 Å². The van der Waals surface area contributed by atoms with Crippen molar-refractivity contribution in [1.29, 1.82) is 0 Å². The molecular formula is C15H26N2OS. The molecule has 1 aliphatic heterocycles. The molecule has 0 amide bonds. The second-order valence-electron chi connectivity index (χ2n) is 6.94. The van der Waals surface area contributed by atoms with E-state index in [9.17, 15) is 0 Å². The molecule has 1 atom stereocenters. The second-order valence-corrected chi connectivity index (χ2v) is 7.79. The van der Waals surface area contributed by atoms with E-state index in [0.29, 0.717) is 5.92 Å². The molecule has 1 saturated heterocycles. The van der Waals surface area contributed by atoms with E-state index in [-0.39, 0.29) is 16.7 Å². The number of thiazole rings is 1. The van der Waals surface area contributed by atoms with Crippen molar-refractivity contribution in [2.45, 2.75) is 70.6 Å². The van der Waals surface area contributed by atoms with Gasteiger partial charge in [-0.25, -0.2) is 4.98 Å². The maximum Gasteiger partial charge on any atom is 0.116 e. The van der Waals surface area contributed by atoms with Gasteiger partial charge in [0.25, 0.3) is 0 Å². The molecule has 0 radical (unpaired) electrons. The van der Waals surface area contributed by atoms with Gasteiger partial charge in [0.2, 0.25) is 0 Å². The van der Waals surface area contributed by atoms with Crippen molar-refractivity contribution in [2.75, 3.05) is 7.05 Å². The summed E-state index contributed by atoms with van der Waals surface area (Å²) < 4.78 is 6.27. The molecule has 1 fully saturated rings. The molecule has 1 aromatic heterocycles. The molecule has 0 spiro atoms. The molecule has 4 heteroatoms. The molecular weight excluding hydrogens is 256 g/mol. The summed E-state index contributed by atoms with van der Waals surface area (Å²) in [6.07, 6.45) is 0.939. The molecule has 2 rings (SSSR count). The normalized spacial score (nSPS) is 29.1. The second kappa shape index (κ2) is 4.54. The van der Waals surface area contributed by atoms with Gasteiger partial charge in [-0.15, -0.1) is 11.3 Å². The monoisotopic (exact) mass is 282 g/mol. The highest BCUT2D eigenvalue weighted by Crippen LogP contribution is 2.51. The molecule has 0 bridgehead atoms. The fraction of sp³-hybridized carbons (Fsp3) is 0.800. The van der Waals surface area contributed by atoms with Gasteiger partial charge in [-0.05, 0) is 40.7 Å². The standard InChI is InChI=1S/C15H26N2OS/c1-10(2)11-8-19-12(17-11)15(16-7)9-13(3,4)18-14(15,5)6/h8,10,16H,9H2,1-7H3. The molecule has 0 aromatic carbocycles. The summed E-state index contributed by atoms with van der Waals surface area (Å²) in [7, 11) is 2.02. The third kappa shape index (κ3) is 2.34. The Morgan fingerprint density at radius 3 is 2.32 bits per heavy atom. The fourth-order valence-electron chi connectivity index (χ4n) is 3.24. The van der Waals surface area contributed by atoms with Gasteiger partial charge < -0.3 is 10.1 Å². The van der Waals surface area contributed by atoms with E-state index < -0.39 is 0 Å². The summed E-state index contributed by atoms with van der Waals surface area (Å²) in [5, 5.41) is 6.84. The lowest BCUT2D eigenvalue weighted by atomic mass is 9.79. The van der Waals surface area contributed by atoms with Gasteiger partial charge in [0, 0.05) is 11.8 Å². The number of hydrogen-bond donors (Lipinski definition) is 1. The van der Waals surface area contributed by atoms with E-state index in [1.807, 2.05) is 7.05 Å². The maximum absolute atomic E-state index is 6.27. The SMILES string of the molecule is CNC1(c2nc(C(C)C)cs2)CC(C)(C)OC1(C)C. The first-order valence-electron chi connectivity index (χ1n) is 6.98. The Bertz CT molecular complexity index is 464. The number of likely N-dealkylation sites (N-methyl/N-ethyl adjacent to an activating group) is 1. The van der Waals surface area contributed by atoms with Crippen LogP contribution in [0.4, 0.5) is 0 Å². The number of aromatic nitrogens is 1. The zero-order valence-corrected chi connectivity index (χ0v) is 13.9. The molecule has 108 valence electrons. The Morgan fingerprint density at radius 2 is 1.95 bits per heavy atom. The third-order valence-corrected chi connectivity index (χ3v) is 5.18. The van der Waals surface area contributed by atoms with Crippen molar-refractivity contribution < 1.29 is 4.74 Å². The lowest BCUT2D eigenvalue weighted by Gasteiger charge is -2.38. The average Bonchev–Trinajstić information content (AvgIpc) is 2.79. The minimum Gasteiger partial charge on any atom is -0.367 e. The van der Waals surface area contributed by atoms with Crippen LogP contribution < -0.4 is 5.32 Å². The van der Waals surface area contributed by atoms with Crippen LogP contribution in [0.2, 0.25) is 0 Å². The van der Waals surface area contributed by atoms with Crippen molar-refractivity contribution in [1.82, 2.24) is 10.3 Å². The van der Waals surface area contributed by atoms with Gasteiger partial charge in [-0.1, -0.05) is 13.8 Å². The Kier molecular flexibility index (Phi) is 3.57. The quantitative estimate of drug-likeness (QED) is 0.918. The van der Waals surface area contributed by atoms with Gasteiger partial charge in [0.05, 0.1) is 16.9 Å². The van der Waals surface area contributed by atoms with E-state index >= 15 is 0 Å². The Balaban J connectivity index is 2.47. The van der Waals surface area contributed by atoms with E-state index in [1.165, 1.54) is 5.69 Å². The molecule has 0 aliphatic carbocycles. The first kappa shape index (κ1) is 14.9. The number of ether oxygens (including phenoxy) is 1. The highest BCUT2D eigenvalue weighted by Gasteiger charge is 2.59.